The lowest BCUT2D eigenvalue weighted by atomic mass is 10.4. The van der Waals surface area contributed by atoms with Gasteiger partial charge < -0.3 is 4.74 Å². The number of hydrogen-bond donors (Lipinski definition) is 0. The molecule has 0 bridgehead atoms. The molecule has 11 heavy (non-hydrogen) atoms. The van der Waals surface area contributed by atoms with Gasteiger partial charge in [-0.25, -0.2) is 4.98 Å². The van der Waals surface area contributed by atoms with Gasteiger partial charge in [-0.15, -0.1) is 11.3 Å². The third-order valence-corrected chi connectivity index (χ3v) is 2.39. The lowest BCUT2D eigenvalue weighted by Crippen LogP contribution is -1.94. The predicted octanol–water partition coefficient (Wildman–Crippen LogP) is 1.66. The predicted molar refractivity (Wildman–Crippen MR) is 42.9 cm³/mol. The normalized spacial score (nSPS) is 12.9. The molecule has 0 N–H and O–H groups in total. The molecule has 1 unspecified atom stereocenters. The standard InChI is InChI=1S/C7H9NO2S/c1-5(10-2)7-8-6(3-9)4-11-7/h3-5H,1-2H3. The lowest BCUT2D eigenvalue weighted by molar-refractivity contribution is 0.111. The fraction of sp³-hybridized carbons (Fsp3) is 0.429. The van der Waals surface area contributed by atoms with Crippen LogP contribution in [0.15, 0.2) is 5.38 Å². The van der Waals surface area contributed by atoms with Gasteiger partial charge >= 0.3 is 0 Å². The molecule has 0 spiro atoms. The first-order chi connectivity index (χ1) is 5.27. The van der Waals surface area contributed by atoms with E-state index in [-0.39, 0.29) is 6.10 Å². The topological polar surface area (TPSA) is 39.2 Å². The maximum atomic E-state index is 10.2. The van der Waals surface area contributed by atoms with Crippen LogP contribution in [0.1, 0.15) is 28.5 Å². The number of carbonyl (C=O) groups excluding carboxylic acids is 1. The first-order valence-corrected chi connectivity index (χ1v) is 4.09. The smallest absolute Gasteiger partial charge is 0.169 e. The average Bonchev–Trinajstić information content (AvgIpc) is 2.50. The Bertz CT molecular complexity index is 246. The van der Waals surface area contributed by atoms with Crippen molar-refractivity contribution in [3.63, 3.8) is 0 Å². The molecule has 0 aromatic carbocycles. The number of aldehydes is 1. The van der Waals surface area contributed by atoms with Crippen LogP contribution in [0, 0.1) is 0 Å². The molecule has 1 aromatic heterocycles. The van der Waals surface area contributed by atoms with Crippen molar-refractivity contribution in [2.24, 2.45) is 0 Å². The van der Waals surface area contributed by atoms with Gasteiger partial charge in [0.25, 0.3) is 0 Å². The fourth-order valence-corrected chi connectivity index (χ4v) is 1.44. The number of thiazole rings is 1. The van der Waals surface area contributed by atoms with Crippen molar-refractivity contribution in [1.29, 1.82) is 0 Å². The molecule has 0 aliphatic carbocycles. The minimum absolute atomic E-state index is 0.0197. The van der Waals surface area contributed by atoms with E-state index in [2.05, 4.69) is 4.98 Å². The molecule has 0 aliphatic heterocycles. The van der Waals surface area contributed by atoms with E-state index in [1.54, 1.807) is 12.5 Å². The van der Waals surface area contributed by atoms with Crippen LogP contribution in [-0.2, 0) is 4.74 Å². The van der Waals surface area contributed by atoms with E-state index in [4.69, 9.17) is 4.74 Å². The highest BCUT2D eigenvalue weighted by molar-refractivity contribution is 7.09. The Kier molecular flexibility index (Phi) is 2.73. The first kappa shape index (κ1) is 8.36. The van der Waals surface area contributed by atoms with Gasteiger partial charge in [-0.1, -0.05) is 0 Å². The molecule has 0 saturated carbocycles. The molecule has 0 amide bonds. The number of nitrogens with zero attached hydrogens (tertiary/aromatic N) is 1. The van der Waals surface area contributed by atoms with Crippen molar-refractivity contribution in [3.05, 3.63) is 16.1 Å². The van der Waals surface area contributed by atoms with Crippen LogP contribution in [0.3, 0.4) is 0 Å². The second kappa shape index (κ2) is 3.59. The maximum Gasteiger partial charge on any atom is 0.169 e. The number of methoxy groups -OCH3 is 1. The van der Waals surface area contributed by atoms with E-state index in [9.17, 15) is 4.79 Å². The molecule has 60 valence electrons. The summed E-state index contributed by atoms with van der Waals surface area (Å²) < 4.78 is 5.03. The van der Waals surface area contributed by atoms with E-state index in [1.165, 1.54) is 11.3 Å². The lowest BCUT2D eigenvalue weighted by Gasteiger charge is -2.02. The summed E-state index contributed by atoms with van der Waals surface area (Å²) in [4.78, 5) is 14.3. The highest BCUT2D eigenvalue weighted by atomic mass is 32.1. The Morgan fingerprint density at radius 1 is 1.82 bits per heavy atom. The zero-order valence-corrected chi connectivity index (χ0v) is 7.22. The monoisotopic (exact) mass is 171 g/mol. The van der Waals surface area contributed by atoms with Crippen molar-refractivity contribution < 1.29 is 9.53 Å². The molecule has 4 heteroatoms. The van der Waals surface area contributed by atoms with Crippen molar-refractivity contribution in [1.82, 2.24) is 4.98 Å². The van der Waals surface area contributed by atoms with Crippen LogP contribution in [-0.4, -0.2) is 18.4 Å². The van der Waals surface area contributed by atoms with Gasteiger partial charge in [0.15, 0.2) is 6.29 Å². The van der Waals surface area contributed by atoms with E-state index < -0.39 is 0 Å². The van der Waals surface area contributed by atoms with Crippen molar-refractivity contribution in [3.8, 4) is 0 Å². The summed E-state index contributed by atoms with van der Waals surface area (Å²) in [6, 6.07) is 0. The number of rotatable bonds is 3. The van der Waals surface area contributed by atoms with Crippen LogP contribution in [0.2, 0.25) is 0 Å². The minimum atomic E-state index is -0.0197. The minimum Gasteiger partial charge on any atom is -0.375 e. The van der Waals surface area contributed by atoms with E-state index in [1.807, 2.05) is 6.92 Å². The Morgan fingerprint density at radius 2 is 2.55 bits per heavy atom. The van der Waals surface area contributed by atoms with Crippen molar-refractivity contribution in [2.45, 2.75) is 13.0 Å². The fourth-order valence-electron chi connectivity index (χ4n) is 0.642. The Hall–Kier alpha value is -0.740. The van der Waals surface area contributed by atoms with E-state index in [0.717, 1.165) is 11.3 Å². The molecule has 1 heterocycles. The second-order valence-electron chi connectivity index (χ2n) is 2.11. The summed E-state index contributed by atoms with van der Waals surface area (Å²) in [7, 11) is 1.62. The highest BCUT2D eigenvalue weighted by Crippen LogP contribution is 2.19. The number of carbonyl (C=O) groups is 1. The van der Waals surface area contributed by atoms with Gasteiger partial charge in [0, 0.05) is 12.5 Å². The summed E-state index contributed by atoms with van der Waals surface area (Å²) in [5.41, 5.74) is 0.480. The molecule has 3 nitrogen and oxygen atoms in total. The van der Waals surface area contributed by atoms with Crippen LogP contribution in [0.25, 0.3) is 0 Å². The number of hydrogen-bond acceptors (Lipinski definition) is 4. The van der Waals surface area contributed by atoms with Gasteiger partial charge in [0.2, 0.25) is 0 Å². The molecular weight excluding hydrogens is 162 g/mol. The molecular formula is C7H9NO2S. The Balaban J connectivity index is 2.79. The van der Waals surface area contributed by atoms with Crippen LogP contribution < -0.4 is 0 Å². The number of aromatic nitrogens is 1. The average molecular weight is 171 g/mol. The van der Waals surface area contributed by atoms with Crippen molar-refractivity contribution in [2.75, 3.05) is 7.11 Å². The molecule has 0 aliphatic rings. The zero-order valence-electron chi connectivity index (χ0n) is 6.40. The van der Waals surface area contributed by atoms with E-state index in [0.29, 0.717) is 5.69 Å². The van der Waals surface area contributed by atoms with Crippen LogP contribution in [0.5, 0.6) is 0 Å². The molecule has 0 radical (unpaired) electrons. The molecule has 1 atom stereocenters. The molecule has 1 aromatic rings. The summed E-state index contributed by atoms with van der Waals surface area (Å²) >= 11 is 1.44. The van der Waals surface area contributed by atoms with E-state index >= 15 is 0 Å². The number of ether oxygens (including phenoxy) is 1. The van der Waals surface area contributed by atoms with Gasteiger partial charge in [-0.3, -0.25) is 4.79 Å². The molecule has 0 fully saturated rings. The van der Waals surface area contributed by atoms with Crippen LogP contribution in [0.4, 0.5) is 0 Å². The summed E-state index contributed by atoms with van der Waals surface area (Å²) in [6.07, 6.45) is 0.719. The quantitative estimate of drug-likeness (QED) is 0.649. The largest absolute Gasteiger partial charge is 0.375 e. The summed E-state index contributed by atoms with van der Waals surface area (Å²) in [6.45, 7) is 1.90. The first-order valence-electron chi connectivity index (χ1n) is 3.21. The zero-order chi connectivity index (χ0) is 8.27. The Morgan fingerprint density at radius 3 is 3.00 bits per heavy atom. The Labute approximate surface area is 69.0 Å². The molecule has 0 saturated heterocycles. The van der Waals surface area contributed by atoms with Crippen LogP contribution >= 0.6 is 11.3 Å². The summed E-state index contributed by atoms with van der Waals surface area (Å²) in [5, 5.41) is 2.56. The maximum absolute atomic E-state index is 10.2. The molecule has 1 rings (SSSR count). The summed E-state index contributed by atoms with van der Waals surface area (Å²) in [5.74, 6) is 0. The van der Waals surface area contributed by atoms with Gasteiger partial charge in [0.05, 0.1) is 0 Å². The highest BCUT2D eigenvalue weighted by Gasteiger charge is 2.07. The second-order valence-corrected chi connectivity index (χ2v) is 3.00. The third-order valence-electron chi connectivity index (χ3n) is 1.36. The van der Waals surface area contributed by atoms with Gasteiger partial charge in [-0.05, 0) is 6.92 Å². The third kappa shape index (κ3) is 1.85. The SMILES string of the molecule is COC(C)c1nc(C=O)cs1. The van der Waals surface area contributed by atoms with Gasteiger partial charge in [-0.2, -0.15) is 0 Å². The van der Waals surface area contributed by atoms with Gasteiger partial charge in [0.1, 0.15) is 16.8 Å². The van der Waals surface area contributed by atoms with Crippen molar-refractivity contribution >= 4 is 17.6 Å².